The molecule has 2 heterocycles. The van der Waals surface area contributed by atoms with E-state index in [9.17, 15) is 0 Å². The van der Waals surface area contributed by atoms with E-state index in [0.717, 1.165) is 37.1 Å². The third-order valence-corrected chi connectivity index (χ3v) is 4.80. The Labute approximate surface area is 201 Å². The van der Waals surface area contributed by atoms with Gasteiger partial charge < -0.3 is 10.6 Å². The van der Waals surface area contributed by atoms with Crippen molar-refractivity contribution in [1.82, 2.24) is 20.6 Å². The zero-order chi connectivity index (χ0) is 24.1. The number of guanidine groups is 2. The van der Waals surface area contributed by atoms with Crippen LogP contribution in [-0.4, -0.2) is 35.0 Å². The summed E-state index contributed by atoms with van der Waals surface area (Å²) in [7, 11) is 0. The second kappa shape index (κ2) is 17.4. The van der Waals surface area contributed by atoms with Gasteiger partial charge in [0, 0.05) is 25.5 Å². The zero-order valence-corrected chi connectivity index (χ0v) is 19.4. The van der Waals surface area contributed by atoms with Crippen molar-refractivity contribution in [2.75, 3.05) is 23.7 Å². The average Bonchev–Trinajstić information content (AvgIpc) is 2.86. The molecule has 0 spiro atoms. The summed E-state index contributed by atoms with van der Waals surface area (Å²) >= 11 is 0. The van der Waals surface area contributed by atoms with Crippen LogP contribution in [0.5, 0.6) is 0 Å². The Morgan fingerprint density at radius 1 is 0.676 bits per heavy atom. The van der Waals surface area contributed by atoms with E-state index >= 15 is 0 Å². The van der Waals surface area contributed by atoms with E-state index in [2.05, 4.69) is 41.2 Å². The summed E-state index contributed by atoms with van der Waals surface area (Å²) in [4.78, 5) is 16.9. The third-order valence-electron chi connectivity index (χ3n) is 4.80. The van der Waals surface area contributed by atoms with Gasteiger partial charge in [-0.3, -0.25) is 30.6 Å². The largest absolute Gasteiger partial charge is 0.324 e. The number of pyridine rings is 2. The lowest BCUT2D eigenvalue weighted by atomic mass is 10.1. The SMILES string of the molecule is N#CNC(=NCCCCCCCCCCN=C(NC#N)Nc1cccnc1)Nc1cccnc1. The molecule has 0 aromatic carbocycles. The maximum atomic E-state index is 8.88. The zero-order valence-electron chi connectivity index (χ0n) is 19.4. The average molecular weight is 461 g/mol. The highest BCUT2D eigenvalue weighted by Crippen LogP contribution is 2.09. The lowest BCUT2D eigenvalue weighted by Gasteiger charge is -2.07. The molecule has 0 bridgehead atoms. The highest BCUT2D eigenvalue weighted by molar-refractivity contribution is 5.94. The molecule has 0 radical (unpaired) electrons. The molecule has 0 saturated carbocycles. The summed E-state index contributed by atoms with van der Waals surface area (Å²) in [6, 6.07) is 7.39. The van der Waals surface area contributed by atoms with Gasteiger partial charge >= 0.3 is 0 Å². The van der Waals surface area contributed by atoms with Gasteiger partial charge in [0.15, 0.2) is 12.4 Å². The summed E-state index contributed by atoms with van der Waals surface area (Å²) in [5.74, 6) is 0.892. The topological polar surface area (TPSA) is 146 Å². The van der Waals surface area contributed by atoms with Gasteiger partial charge in [0.2, 0.25) is 11.9 Å². The summed E-state index contributed by atoms with van der Waals surface area (Å²) in [6.07, 6.45) is 19.5. The monoisotopic (exact) mass is 460 g/mol. The predicted molar refractivity (Wildman–Crippen MR) is 135 cm³/mol. The molecule has 0 saturated heterocycles. The minimum atomic E-state index is 0.446. The number of nitrogens with one attached hydrogen (secondary N) is 4. The first-order chi connectivity index (χ1) is 16.8. The van der Waals surface area contributed by atoms with Crippen LogP contribution < -0.4 is 21.3 Å². The molecule has 4 N–H and O–H groups in total. The van der Waals surface area contributed by atoms with Crippen LogP contribution in [-0.2, 0) is 0 Å². The maximum Gasteiger partial charge on any atom is 0.209 e. The Bertz CT molecular complexity index is 866. The summed E-state index contributed by atoms with van der Waals surface area (Å²) in [6.45, 7) is 1.34. The van der Waals surface area contributed by atoms with Crippen molar-refractivity contribution in [1.29, 1.82) is 10.5 Å². The molecule has 0 atom stereocenters. The minimum absolute atomic E-state index is 0.446. The predicted octanol–water partition coefficient (Wildman–Crippen LogP) is 3.97. The fraction of sp³-hybridized carbons (Fsp3) is 0.417. The first-order valence-corrected chi connectivity index (χ1v) is 11.5. The molecule has 10 heteroatoms. The number of rotatable bonds is 13. The number of anilines is 2. The highest BCUT2D eigenvalue weighted by atomic mass is 15.2. The Hall–Kier alpha value is -4.18. The Kier molecular flexibility index (Phi) is 13.3. The molecule has 0 aliphatic carbocycles. The number of nitriles is 2. The van der Waals surface area contributed by atoms with Crippen LogP contribution in [0.15, 0.2) is 59.0 Å². The minimum Gasteiger partial charge on any atom is -0.324 e. The molecule has 0 aliphatic rings. The summed E-state index contributed by atoms with van der Waals surface area (Å²) in [5.41, 5.74) is 1.58. The van der Waals surface area contributed by atoms with E-state index in [1.165, 1.54) is 25.7 Å². The van der Waals surface area contributed by atoms with E-state index in [1.807, 2.05) is 36.7 Å². The fourth-order valence-corrected chi connectivity index (χ4v) is 3.14. The number of aliphatic imine (C=N–C) groups is 2. The van der Waals surface area contributed by atoms with Crippen LogP contribution in [0.3, 0.4) is 0 Å². The highest BCUT2D eigenvalue weighted by Gasteiger charge is 2.00. The van der Waals surface area contributed by atoms with Crippen molar-refractivity contribution in [3.8, 4) is 12.4 Å². The van der Waals surface area contributed by atoms with Gasteiger partial charge in [0.05, 0.1) is 23.8 Å². The first kappa shape index (κ1) is 26.1. The van der Waals surface area contributed by atoms with Gasteiger partial charge in [-0.25, -0.2) is 0 Å². The lowest BCUT2D eigenvalue weighted by Crippen LogP contribution is -2.27. The van der Waals surface area contributed by atoms with Crippen molar-refractivity contribution in [2.45, 2.75) is 51.4 Å². The van der Waals surface area contributed by atoms with Crippen molar-refractivity contribution in [3.05, 3.63) is 49.1 Å². The Balaban J connectivity index is 1.51. The van der Waals surface area contributed by atoms with Crippen LogP contribution in [0.25, 0.3) is 0 Å². The molecule has 0 unspecified atom stereocenters. The molecular weight excluding hydrogens is 428 g/mol. The molecule has 34 heavy (non-hydrogen) atoms. The molecular formula is C24H32N10. The van der Waals surface area contributed by atoms with Crippen LogP contribution in [0.1, 0.15) is 51.4 Å². The van der Waals surface area contributed by atoms with Gasteiger partial charge in [0.1, 0.15) is 0 Å². The van der Waals surface area contributed by atoms with Gasteiger partial charge in [-0.15, -0.1) is 0 Å². The van der Waals surface area contributed by atoms with E-state index in [1.54, 1.807) is 24.8 Å². The third kappa shape index (κ3) is 12.0. The number of hydrogen-bond acceptors (Lipinski definition) is 6. The molecule has 2 rings (SSSR count). The van der Waals surface area contributed by atoms with Crippen LogP contribution in [0, 0.1) is 22.9 Å². The van der Waals surface area contributed by atoms with Gasteiger partial charge in [-0.05, 0) is 37.1 Å². The van der Waals surface area contributed by atoms with E-state index in [-0.39, 0.29) is 0 Å². The second-order valence-corrected chi connectivity index (χ2v) is 7.50. The number of hydrogen-bond donors (Lipinski definition) is 4. The standard InChI is InChI=1S/C24H32N10/c25-19-31-23(33-21-11-9-13-27-17-21)29-15-7-5-3-1-2-4-6-8-16-30-24(32-20-26)34-22-12-10-14-28-18-22/h9-14,17-18H,1-8,15-16H2,(H2,29,31,33)(H2,30,32,34). The lowest BCUT2D eigenvalue weighted by molar-refractivity contribution is 0.572. The first-order valence-electron chi connectivity index (χ1n) is 11.5. The molecule has 2 aromatic heterocycles. The molecule has 0 fully saturated rings. The quantitative estimate of drug-likeness (QED) is 0.115. The van der Waals surface area contributed by atoms with Crippen LogP contribution in [0.4, 0.5) is 11.4 Å². The van der Waals surface area contributed by atoms with Crippen molar-refractivity contribution < 1.29 is 0 Å². The van der Waals surface area contributed by atoms with E-state index < -0.39 is 0 Å². The Morgan fingerprint density at radius 2 is 1.09 bits per heavy atom. The van der Waals surface area contributed by atoms with Crippen LogP contribution in [0.2, 0.25) is 0 Å². The smallest absolute Gasteiger partial charge is 0.209 e. The number of nitrogens with zero attached hydrogens (tertiary/aromatic N) is 6. The second-order valence-electron chi connectivity index (χ2n) is 7.50. The summed E-state index contributed by atoms with van der Waals surface area (Å²) < 4.78 is 0. The van der Waals surface area contributed by atoms with Crippen molar-refractivity contribution >= 4 is 23.3 Å². The molecule has 0 amide bonds. The molecule has 0 aliphatic heterocycles. The molecule has 2 aromatic rings. The van der Waals surface area contributed by atoms with E-state index in [4.69, 9.17) is 10.5 Å². The van der Waals surface area contributed by atoms with Gasteiger partial charge in [-0.1, -0.05) is 38.5 Å². The van der Waals surface area contributed by atoms with Crippen molar-refractivity contribution in [3.63, 3.8) is 0 Å². The van der Waals surface area contributed by atoms with Crippen LogP contribution >= 0.6 is 0 Å². The normalized spacial score (nSPS) is 11.2. The fourth-order valence-electron chi connectivity index (χ4n) is 3.14. The van der Waals surface area contributed by atoms with Gasteiger partial charge in [-0.2, -0.15) is 10.5 Å². The Morgan fingerprint density at radius 3 is 1.44 bits per heavy atom. The number of unbranched alkanes of at least 4 members (excludes halogenated alkanes) is 7. The molecule has 10 nitrogen and oxygen atoms in total. The molecule has 178 valence electrons. The van der Waals surface area contributed by atoms with Gasteiger partial charge in [0.25, 0.3) is 0 Å². The summed E-state index contributed by atoms with van der Waals surface area (Å²) in [5, 5.41) is 29.0. The number of aromatic nitrogens is 2. The van der Waals surface area contributed by atoms with E-state index in [0.29, 0.717) is 25.0 Å². The maximum absolute atomic E-state index is 8.88. The van der Waals surface area contributed by atoms with Crippen molar-refractivity contribution in [2.24, 2.45) is 9.98 Å².